The lowest BCUT2D eigenvalue weighted by Crippen LogP contribution is -2.37. The number of nitrogens with zero attached hydrogens (tertiary/aromatic N) is 2. The quantitative estimate of drug-likeness (QED) is 0.615. The van der Waals surface area contributed by atoms with Gasteiger partial charge in [0.25, 0.3) is 5.91 Å². The van der Waals surface area contributed by atoms with Crippen molar-refractivity contribution in [2.24, 2.45) is 0 Å². The summed E-state index contributed by atoms with van der Waals surface area (Å²) in [5.41, 5.74) is 0. The van der Waals surface area contributed by atoms with Crippen molar-refractivity contribution in [1.82, 2.24) is 4.90 Å². The van der Waals surface area contributed by atoms with Crippen LogP contribution in [-0.4, -0.2) is 39.4 Å². The topological polar surface area (TPSA) is 101 Å². The Morgan fingerprint density at radius 2 is 2.10 bits per heavy atom. The number of nitro groups is 1. The van der Waals surface area contributed by atoms with Gasteiger partial charge in [0, 0.05) is 25.1 Å². The molecule has 0 saturated carbocycles. The minimum absolute atomic E-state index is 0.0128. The number of aliphatic carboxylic acids is 1. The summed E-state index contributed by atoms with van der Waals surface area (Å²) in [6.45, 7) is 3.95. The van der Waals surface area contributed by atoms with E-state index < -0.39 is 10.9 Å². The van der Waals surface area contributed by atoms with E-state index in [2.05, 4.69) is 0 Å². The molecule has 1 amide bonds. The number of carboxylic acid groups (broad SMARTS) is 1. The highest BCUT2D eigenvalue weighted by atomic mass is 32.1. The summed E-state index contributed by atoms with van der Waals surface area (Å²) in [6.07, 6.45) is 0.341. The van der Waals surface area contributed by atoms with Gasteiger partial charge in [-0.1, -0.05) is 11.3 Å². The lowest BCUT2D eigenvalue weighted by Gasteiger charge is -2.25. The molecule has 0 aliphatic carbocycles. The molecule has 0 atom stereocenters. The first-order valence-electron chi connectivity index (χ1n) is 6.10. The van der Waals surface area contributed by atoms with E-state index in [1.54, 1.807) is 0 Å². The van der Waals surface area contributed by atoms with Crippen LogP contribution in [0.25, 0.3) is 0 Å². The van der Waals surface area contributed by atoms with Crippen molar-refractivity contribution in [2.75, 3.05) is 6.54 Å². The molecule has 0 radical (unpaired) electrons. The second-order valence-electron chi connectivity index (χ2n) is 4.48. The molecule has 0 bridgehead atoms. The van der Waals surface area contributed by atoms with Gasteiger partial charge in [0.2, 0.25) is 0 Å². The van der Waals surface area contributed by atoms with Gasteiger partial charge in [-0.3, -0.25) is 19.7 Å². The second kappa shape index (κ2) is 6.99. The third-order valence-corrected chi connectivity index (χ3v) is 3.68. The van der Waals surface area contributed by atoms with Gasteiger partial charge in [0.05, 0.1) is 9.80 Å². The first-order valence-corrected chi connectivity index (χ1v) is 6.91. The van der Waals surface area contributed by atoms with E-state index in [4.69, 9.17) is 5.11 Å². The maximum absolute atomic E-state index is 12.3. The third kappa shape index (κ3) is 4.30. The summed E-state index contributed by atoms with van der Waals surface area (Å²) in [5, 5.41) is 19.1. The Hall–Kier alpha value is -1.96. The molecule has 1 rings (SSSR count). The molecule has 0 spiro atoms. The Morgan fingerprint density at radius 3 is 2.55 bits per heavy atom. The van der Waals surface area contributed by atoms with E-state index >= 15 is 0 Å². The van der Waals surface area contributed by atoms with Crippen LogP contribution in [0.5, 0.6) is 0 Å². The van der Waals surface area contributed by atoms with Crippen LogP contribution in [0.1, 0.15) is 36.4 Å². The first-order chi connectivity index (χ1) is 9.32. The Kier molecular flexibility index (Phi) is 5.63. The highest BCUT2D eigenvalue weighted by Gasteiger charge is 2.22. The minimum Gasteiger partial charge on any atom is -0.481 e. The molecule has 0 fully saturated rings. The lowest BCUT2D eigenvalue weighted by atomic mass is 10.2. The number of thiophene rings is 1. The van der Waals surface area contributed by atoms with Crippen molar-refractivity contribution >= 4 is 28.2 Å². The zero-order valence-electron chi connectivity index (χ0n) is 11.2. The zero-order valence-corrected chi connectivity index (χ0v) is 12.1. The minimum atomic E-state index is -0.909. The average Bonchev–Trinajstić information content (AvgIpc) is 2.82. The summed E-state index contributed by atoms with van der Waals surface area (Å²) in [7, 11) is 0. The van der Waals surface area contributed by atoms with Crippen LogP contribution >= 0.6 is 11.3 Å². The Balaban J connectivity index is 2.77. The molecule has 0 aliphatic heterocycles. The standard InChI is InChI=1S/C12H16N2O5S/c1-8(2)13(7-3-4-11(15)16)12(17)9-5-6-10(20-9)14(18)19/h5-6,8H,3-4,7H2,1-2H3,(H,15,16). The first kappa shape index (κ1) is 16.1. The fraction of sp³-hybridized carbons (Fsp3) is 0.500. The van der Waals surface area contributed by atoms with Gasteiger partial charge in [-0.05, 0) is 26.3 Å². The Morgan fingerprint density at radius 1 is 1.45 bits per heavy atom. The highest BCUT2D eigenvalue weighted by molar-refractivity contribution is 7.17. The number of hydrogen-bond acceptors (Lipinski definition) is 5. The lowest BCUT2D eigenvalue weighted by molar-refractivity contribution is -0.380. The second-order valence-corrected chi connectivity index (χ2v) is 5.55. The molecular formula is C12H16N2O5S. The summed E-state index contributed by atoms with van der Waals surface area (Å²) in [5.74, 6) is -1.21. The highest BCUT2D eigenvalue weighted by Crippen LogP contribution is 2.25. The van der Waals surface area contributed by atoms with E-state index in [1.807, 2.05) is 13.8 Å². The van der Waals surface area contributed by atoms with Crippen LogP contribution in [0, 0.1) is 10.1 Å². The molecule has 0 aromatic carbocycles. The number of hydrogen-bond donors (Lipinski definition) is 1. The molecule has 1 aromatic rings. The number of carbonyl (C=O) groups is 2. The van der Waals surface area contributed by atoms with Crippen molar-refractivity contribution in [3.05, 3.63) is 27.1 Å². The molecule has 0 aliphatic rings. The molecule has 110 valence electrons. The van der Waals surface area contributed by atoms with E-state index in [0.717, 1.165) is 11.3 Å². The smallest absolute Gasteiger partial charge is 0.324 e. The monoisotopic (exact) mass is 300 g/mol. The molecule has 1 N–H and O–H groups in total. The van der Waals surface area contributed by atoms with Crippen molar-refractivity contribution in [2.45, 2.75) is 32.7 Å². The number of carbonyl (C=O) groups excluding carboxylic acids is 1. The van der Waals surface area contributed by atoms with Gasteiger partial charge in [0.1, 0.15) is 0 Å². The van der Waals surface area contributed by atoms with E-state index in [1.165, 1.54) is 17.0 Å². The summed E-state index contributed by atoms with van der Waals surface area (Å²) in [6, 6.07) is 2.63. The molecule has 8 heteroatoms. The van der Waals surface area contributed by atoms with Gasteiger partial charge in [-0.2, -0.15) is 0 Å². The molecule has 0 saturated heterocycles. The summed E-state index contributed by atoms with van der Waals surface area (Å²) in [4.78, 5) is 34.7. The van der Waals surface area contributed by atoms with Crippen LogP contribution < -0.4 is 0 Å². The summed E-state index contributed by atoms with van der Waals surface area (Å²) >= 11 is 0.828. The molecule has 0 unspecified atom stereocenters. The fourth-order valence-corrected chi connectivity index (χ4v) is 2.45. The number of carboxylic acids is 1. The van der Waals surface area contributed by atoms with Gasteiger partial charge in [-0.25, -0.2) is 0 Å². The van der Waals surface area contributed by atoms with Crippen LogP contribution in [0.2, 0.25) is 0 Å². The van der Waals surface area contributed by atoms with E-state index in [9.17, 15) is 19.7 Å². The van der Waals surface area contributed by atoms with Crippen LogP contribution in [-0.2, 0) is 4.79 Å². The van der Waals surface area contributed by atoms with Gasteiger partial charge >= 0.3 is 11.0 Å². The Bertz CT molecular complexity index is 512. The normalized spacial score (nSPS) is 10.6. The Labute approximate surface area is 120 Å². The molecular weight excluding hydrogens is 284 g/mol. The van der Waals surface area contributed by atoms with Gasteiger partial charge < -0.3 is 10.0 Å². The van der Waals surface area contributed by atoms with Crippen molar-refractivity contribution in [1.29, 1.82) is 0 Å². The van der Waals surface area contributed by atoms with Crippen LogP contribution in [0.15, 0.2) is 12.1 Å². The fourth-order valence-electron chi connectivity index (χ4n) is 1.68. The predicted molar refractivity (Wildman–Crippen MR) is 74.0 cm³/mol. The van der Waals surface area contributed by atoms with Crippen molar-refractivity contribution in [3.8, 4) is 0 Å². The maximum Gasteiger partial charge on any atom is 0.324 e. The molecule has 7 nitrogen and oxygen atoms in total. The zero-order chi connectivity index (χ0) is 15.3. The average molecular weight is 300 g/mol. The predicted octanol–water partition coefficient (Wildman–Crippen LogP) is 2.37. The summed E-state index contributed by atoms with van der Waals surface area (Å²) < 4.78 is 0. The van der Waals surface area contributed by atoms with Crippen LogP contribution in [0.3, 0.4) is 0 Å². The van der Waals surface area contributed by atoms with E-state index in [-0.39, 0.29) is 23.4 Å². The maximum atomic E-state index is 12.3. The van der Waals surface area contributed by atoms with Crippen LogP contribution in [0.4, 0.5) is 5.00 Å². The van der Waals surface area contributed by atoms with Crippen molar-refractivity contribution in [3.63, 3.8) is 0 Å². The third-order valence-electron chi connectivity index (χ3n) is 2.66. The number of rotatable bonds is 7. The van der Waals surface area contributed by atoms with Gasteiger partial charge in [0.15, 0.2) is 0 Å². The van der Waals surface area contributed by atoms with Crippen molar-refractivity contribution < 1.29 is 19.6 Å². The molecule has 1 heterocycles. The van der Waals surface area contributed by atoms with Gasteiger partial charge in [-0.15, -0.1) is 0 Å². The van der Waals surface area contributed by atoms with E-state index in [0.29, 0.717) is 17.8 Å². The number of amides is 1. The molecule has 1 aromatic heterocycles. The largest absolute Gasteiger partial charge is 0.481 e. The SMILES string of the molecule is CC(C)N(CCCC(=O)O)C(=O)c1ccc([N+](=O)[O-])s1. The molecule has 20 heavy (non-hydrogen) atoms.